The number of nitrogens with zero attached hydrogens (tertiary/aromatic N) is 4. The van der Waals surface area contributed by atoms with Crippen molar-refractivity contribution in [2.45, 2.75) is 56.0 Å². The van der Waals surface area contributed by atoms with E-state index in [0.29, 0.717) is 11.7 Å². The fourth-order valence-corrected chi connectivity index (χ4v) is 4.01. The van der Waals surface area contributed by atoms with Crippen LogP contribution in [0.4, 0.5) is 0 Å². The second kappa shape index (κ2) is 8.17. The van der Waals surface area contributed by atoms with Gasteiger partial charge in [-0.15, -0.1) is 12.6 Å². The van der Waals surface area contributed by atoms with Crippen molar-refractivity contribution in [3.8, 4) is 0 Å². The van der Waals surface area contributed by atoms with Crippen LogP contribution in [-0.4, -0.2) is 51.8 Å². The van der Waals surface area contributed by atoms with E-state index in [2.05, 4.69) is 23.8 Å². The quantitative estimate of drug-likeness (QED) is 0.256. The van der Waals surface area contributed by atoms with Crippen LogP contribution >= 0.6 is 12.6 Å². The van der Waals surface area contributed by atoms with Gasteiger partial charge in [0.05, 0.1) is 11.1 Å². The van der Waals surface area contributed by atoms with Gasteiger partial charge in [-0.3, -0.25) is 10.1 Å². The molecule has 0 aromatic carbocycles. The van der Waals surface area contributed by atoms with Crippen molar-refractivity contribution < 1.29 is 4.92 Å². The van der Waals surface area contributed by atoms with E-state index in [4.69, 9.17) is 12.6 Å². The summed E-state index contributed by atoms with van der Waals surface area (Å²) < 4.78 is 0. The van der Waals surface area contributed by atoms with E-state index in [9.17, 15) is 10.1 Å². The summed E-state index contributed by atoms with van der Waals surface area (Å²) in [4.78, 5) is 16.4. The first-order valence-corrected chi connectivity index (χ1v) is 9.35. The van der Waals surface area contributed by atoms with E-state index < -0.39 is 4.99 Å². The standard InChI is InChI=1S/C18H30N4O2S/c1-15(19(2)3)17(22(23)24)14-20(4)18(25)12-8-9-13-21(18)16-10-6-5-7-11-16/h9,13-14,16,25H,1,5-8,10-12H2,2-4H3/b17-14+. The van der Waals surface area contributed by atoms with Gasteiger partial charge < -0.3 is 14.7 Å². The minimum Gasteiger partial charge on any atom is -0.373 e. The van der Waals surface area contributed by atoms with Gasteiger partial charge in [0.15, 0.2) is 4.99 Å². The zero-order valence-corrected chi connectivity index (χ0v) is 16.4. The Morgan fingerprint density at radius 1 is 1.36 bits per heavy atom. The molecule has 1 atom stereocenters. The molecule has 2 rings (SSSR count). The van der Waals surface area contributed by atoms with Crippen molar-refractivity contribution in [2.24, 2.45) is 0 Å². The summed E-state index contributed by atoms with van der Waals surface area (Å²) in [6.45, 7) is 3.84. The number of rotatable bonds is 6. The largest absolute Gasteiger partial charge is 0.373 e. The number of thiol groups is 1. The van der Waals surface area contributed by atoms with Gasteiger partial charge in [-0.1, -0.05) is 31.9 Å². The van der Waals surface area contributed by atoms with E-state index in [1.54, 1.807) is 25.2 Å². The molecule has 0 radical (unpaired) electrons. The van der Waals surface area contributed by atoms with E-state index >= 15 is 0 Å². The first-order chi connectivity index (χ1) is 11.8. The fraction of sp³-hybridized carbons (Fsp3) is 0.667. The molecule has 0 aromatic rings. The summed E-state index contributed by atoms with van der Waals surface area (Å²) in [5.41, 5.74) is 0.378. The van der Waals surface area contributed by atoms with Crippen LogP contribution in [0.1, 0.15) is 44.9 Å². The van der Waals surface area contributed by atoms with Gasteiger partial charge in [-0.05, 0) is 25.5 Å². The molecule has 0 aromatic heterocycles. The highest BCUT2D eigenvalue weighted by Crippen LogP contribution is 2.39. The van der Waals surface area contributed by atoms with Crippen molar-refractivity contribution in [3.05, 3.63) is 46.6 Å². The minimum atomic E-state index is -0.565. The van der Waals surface area contributed by atoms with Crippen molar-refractivity contribution in [3.63, 3.8) is 0 Å². The van der Waals surface area contributed by atoms with Crippen LogP contribution in [0.5, 0.6) is 0 Å². The highest BCUT2D eigenvalue weighted by molar-refractivity contribution is 7.81. The first kappa shape index (κ1) is 19.7. The zero-order valence-electron chi connectivity index (χ0n) is 15.5. The lowest BCUT2D eigenvalue weighted by atomic mass is 9.92. The maximum Gasteiger partial charge on any atom is 0.307 e. The van der Waals surface area contributed by atoms with E-state index in [1.165, 1.54) is 19.3 Å². The zero-order chi connectivity index (χ0) is 18.6. The molecule has 6 nitrogen and oxygen atoms in total. The second-order valence-electron chi connectivity index (χ2n) is 7.12. The van der Waals surface area contributed by atoms with E-state index in [0.717, 1.165) is 25.7 Å². The summed E-state index contributed by atoms with van der Waals surface area (Å²) in [5.74, 6) is 0. The predicted octanol–water partition coefficient (Wildman–Crippen LogP) is 3.64. The van der Waals surface area contributed by atoms with Gasteiger partial charge in [-0.25, -0.2) is 0 Å². The third-order valence-corrected chi connectivity index (χ3v) is 5.98. The molecule has 7 heteroatoms. The molecular weight excluding hydrogens is 336 g/mol. The van der Waals surface area contributed by atoms with Gasteiger partial charge >= 0.3 is 5.70 Å². The summed E-state index contributed by atoms with van der Waals surface area (Å²) >= 11 is 5.00. The molecule has 1 aliphatic carbocycles. The summed E-state index contributed by atoms with van der Waals surface area (Å²) in [7, 11) is 5.38. The lowest BCUT2D eigenvalue weighted by Crippen LogP contribution is -2.56. The second-order valence-corrected chi connectivity index (χ2v) is 7.84. The number of hydrogen-bond donors (Lipinski definition) is 1. The normalized spacial score (nSPS) is 25.0. The molecule has 25 heavy (non-hydrogen) atoms. The lowest BCUT2D eigenvalue weighted by Gasteiger charge is -2.51. The average molecular weight is 367 g/mol. The van der Waals surface area contributed by atoms with Crippen LogP contribution in [0.15, 0.2) is 36.4 Å². The molecular formula is C18H30N4O2S. The van der Waals surface area contributed by atoms with Crippen LogP contribution in [0.3, 0.4) is 0 Å². The van der Waals surface area contributed by atoms with Gasteiger partial charge in [-0.2, -0.15) is 0 Å². The van der Waals surface area contributed by atoms with E-state index in [1.807, 2.05) is 11.9 Å². The number of nitro groups is 1. The van der Waals surface area contributed by atoms with Crippen LogP contribution in [0, 0.1) is 10.1 Å². The Balaban J connectivity index is 2.30. The SMILES string of the molecule is C=C(/C(=C\N(C)C1(S)CCC=CN1C1CCCCC1)[N+](=O)[O-])N(C)C. The molecule has 1 fully saturated rings. The number of allylic oxidation sites excluding steroid dienone is 1. The smallest absolute Gasteiger partial charge is 0.307 e. The lowest BCUT2D eigenvalue weighted by molar-refractivity contribution is -0.423. The topological polar surface area (TPSA) is 52.9 Å². The highest BCUT2D eigenvalue weighted by Gasteiger charge is 2.40. The van der Waals surface area contributed by atoms with Crippen molar-refractivity contribution >= 4 is 12.6 Å². The van der Waals surface area contributed by atoms with Crippen LogP contribution in [0.25, 0.3) is 0 Å². The first-order valence-electron chi connectivity index (χ1n) is 8.90. The molecule has 2 aliphatic rings. The Kier molecular flexibility index (Phi) is 6.43. The number of likely N-dealkylation sites (N-methyl/N-ethyl adjacent to an activating group) is 1. The molecule has 0 bridgehead atoms. The van der Waals surface area contributed by atoms with Crippen molar-refractivity contribution in [2.75, 3.05) is 21.1 Å². The monoisotopic (exact) mass is 366 g/mol. The number of hydrogen-bond acceptors (Lipinski definition) is 6. The van der Waals surface area contributed by atoms with Crippen molar-refractivity contribution in [1.82, 2.24) is 14.7 Å². The molecule has 0 amide bonds. The van der Waals surface area contributed by atoms with Crippen molar-refractivity contribution in [1.29, 1.82) is 0 Å². The van der Waals surface area contributed by atoms with Crippen LogP contribution in [-0.2, 0) is 0 Å². The summed E-state index contributed by atoms with van der Waals surface area (Å²) in [6, 6.07) is 0.440. The minimum absolute atomic E-state index is 0.000859. The van der Waals surface area contributed by atoms with Gasteiger partial charge in [0, 0.05) is 33.6 Å². The Hall–Kier alpha value is -1.63. The maximum absolute atomic E-state index is 11.5. The summed E-state index contributed by atoms with van der Waals surface area (Å²) in [5, 5.41) is 11.5. The van der Waals surface area contributed by atoms with Crippen LogP contribution in [0.2, 0.25) is 0 Å². The molecule has 1 heterocycles. The average Bonchev–Trinajstić information content (AvgIpc) is 2.59. The maximum atomic E-state index is 11.5. The van der Waals surface area contributed by atoms with Gasteiger partial charge in [0.1, 0.15) is 5.70 Å². The summed E-state index contributed by atoms with van der Waals surface area (Å²) in [6.07, 6.45) is 13.7. The Morgan fingerprint density at radius 2 is 2.00 bits per heavy atom. The highest BCUT2D eigenvalue weighted by atomic mass is 32.1. The Morgan fingerprint density at radius 3 is 2.56 bits per heavy atom. The predicted molar refractivity (Wildman–Crippen MR) is 104 cm³/mol. The van der Waals surface area contributed by atoms with Crippen LogP contribution < -0.4 is 0 Å². The molecule has 0 spiro atoms. The Labute approximate surface area is 156 Å². The molecule has 0 N–H and O–H groups in total. The van der Waals surface area contributed by atoms with Gasteiger partial charge in [0.2, 0.25) is 0 Å². The molecule has 1 aliphatic heterocycles. The Bertz CT molecular complexity index is 569. The molecule has 1 unspecified atom stereocenters. The molecule has 1 saturated carbocycles. The van der Waals surface area contributed by atoms with E-state index in [-0.39, 0.29) is 10.6 Å². The molecule has 0 saturated heterocycles. The third-order valence-electron chi connectivity index (χ3n) is 5.21. The van der Waals surface area contributed by atoms with Gasteiger partial charge in [0.25, 0.3) is 0 Å². The fourth-order valence-electron chi connectivity index (χ4n) is 3.59. The molecule has 140 valence electrons. The third kappa shape index (κ3) is 4.32.